The summed E-state index contributed by atoms with van der Waals surface area (Å²) in [6.45, 7) is 2.70. The zero-order valence-electron chi connectivity index (χ0n) is 11.1. The minimum Gasteiger partial charge on any atom is -0.351 e. The van der Waals surface area contributed by atoms with E-state index in [4.69, 9.17) is 0 Å². The molecule has 3 nitrogen and oxygen atoms in total. The van der Waals surface area contributed by atoms with Gasteiger partial charge in [0, 0.05) is 34.1 Å². The van der Waals surface area contributed by atoms with E-state index in [1.807, 2.05) is 0 Å². The van der Waals surface area contributed by atoms with Gasteiger partial charge in [-0.2, -0.15) is 0 Å². The van der Waals surface area contributed by atoms with E-state index in [0.717, 1.165) is 10.2 Å². The van der Waals surface area contributed by atoms with Crippen molar-refractivity contribution < 1.29 is 4.79 Å². The van der Waals surface area contributed by atoms with Gasteiger partial charge in [0.15, 0.2) is 0 Å². The fourth-order valence-corrected chi connectivity index (χ4v) is 2.74. The summed E-state index contributed by atoms with van der Waals surface area (Å²) in [5, 5.41) is 2.89. The number of nitrogens with one attached hydrogen (secondary N) is 1. The average molecular weight is 351 g/mol. The molecule has 0 atom stereocenters. The molecule has 0 aliphatic rings. The second-order valence-corrected chi connectivity index (χ2v) is 6.39. The second-order valence-electron chi connectivity index (χ2n) is 4.31. The molecule has 104 valence electrons. The third-order valence-electron chi connectivity index (χ3n) is 2.64. The van der Waals surface area contributed by atoms with Gasteiger partial charge in [0.25, 0.3) is 5.91 Å². The number of hydrogen-bond acceptors (Lipinski definition) is 3. The number of benzene rings is 1. The van der Waals surface area contributed by atoms with Crippen molar-refractivity contribution in [3.8, 4) is 0 Å². The minimum atomic E-state index is -0.0942. The predicted molar refractivity (Wildman–Crippen MR) is 86.2 cm³/mol. The number of aromatic nitrogens is 1. The molecule has 1 aromatic carbocycles. The number of rotatable bonds is 5. The molecular weight excluding hydrogens is 336 g/mol. The first-order chi connectivity index (χ1) is 9.65. The van der Waals surface area contributed by atoms with Crippen molar-refractivity contribution in [1.82, 2.24) is 10.3 Å². The van der Waals surface area contributed by atoms with Gasteiger partial charge in [-0.15, -0.1) is 11.8 Å². The SMILES string of the molecule is Cc1ccc(SCCNC(=O)c2cncc(Br)c2)cc1. The molecule has 0 fully saturated rings. The molecule has 20 heavy (non-hydrogen) atoms. The van der Waals surface area contributed by atoms with Crippen LogP contribution < -0.4 is 5.32 Å². The highest BCUT2D eigenvalue weighted by atomic mass is 79.9. The first kappa shape index (κ1) is 15.1. The van der Waals surface area contributed by atoms with Crippen LogP contribution in [0.4, 0.5) is 0 Å². The zero-order valence-corrected chi connectivity index (χ0v) is 13.5. The van der Waals surface area contributed by atoms with Crippen LogP contribution in [0.3, 0.4) is 0 Å². The third-order valence-corrected chi connectivity index (χ3v) is 4.09. The molecule has 0 unspecified atom stereocenters. The Morgan fingerprint density at radius 2 is 2.05 bits per heavy atom. The highest BCUT2D eigenvalue weighted by Crippen LogP contribution is 2.17. The van der Waals surface area contributed by atoms with Gasteiger partial charge in [-0.1, -0.05) is 17.7 Å². The van der Waals surface area contributed by atoms with E-state index in [1.165, 1.54) is 10.5 Å². The van der Waals surface area contributed by atoms with Crippen LogP contribution in [0.2, 0.25) is 0 Å². The Morgan fingerprint density at radius 3 is 2.75 bits per heavy atom. The number of nitrogens with zero attached hydrogens (tertiary/aromatic N) is 1. The van der Waals surface area contributed by atoms with Crippen molar-refractivity contribution in [3.05, 3.63) is 58.3 Å². The standard InChI is InChI=1S/C15H15BrN2OS/c1-11-2-4-14(5-3-11)20-7-6-18-15(19)12-8-13(16)10-17-9-12/h2-5,8-10H,6-7H2,1H3,(H,18,19). The third kappa shape index (κ3) is 4.65. The summed E-state index contributed by atoms with van der Waals surface area (Å²) >= 11 is 5.03. The van der Waals surface area contributed by atoms with Crippen LogP contribution in [0, 0.1) is 6.92 Å². The molecule has 5 heteroatoms. The number of carbonyl (C=O) groups excluding carboxylic acids is 1. The maximum Gasteiger partial charge on any atom is 0.252 e. The molecule has 0 radical (unpaired) electrons. The molecule has 1 aromatic heterocycles. The van der Waals surface area contributed by atoms with Gasteiger partial charge in [-0.3, -0.25) is 9.78 Å². The Labute approximate surface area is 131 Å². The number of aryl methyl sites for hydroxylation is 1. The Morgan fingerprint density at radius 1 is 1.30 bits per heavy atom. The maximum atomic E-state index is 11.9. The van der Waals surface area contributed by atoms with Gasteiger partial charge in [0.2, 0.25) is 0 Å². The first-order valence-corrected chi connectivity index (χ1v) is 8.01. The molecule has 2 aromatic rings. The summed E-state index contributed by atoms with van der Waals surface area (Å²) in [5.74, 6) is 0.749. The van der Waals surface area contributed by atoms with Crippen LogP contribution in [0.5, 0.6) is 0 Å². The van der Waals surface area contributed by atoms with Crippen molar-refractivity contribution in [2.75, 3.05) is 12.3 Å². The molecule has 0 saturated carbocycles. The molecule has 0 spiro atoms. The zero-order chi connectivity index (χ0) is 14.4. The van der Waals surface area contributed by atoms with E-state index in [1.54, 1.807) is 30.2 Å². The lowest BCUT2D eigenvalue weighted by Gasteiger charge is -2.05. The molecule has 0 aliphatic heterocycles. The molecule has 1 heterocycles. The van der Waals surface area contributed by atoms with Gasteiger partial charge >= 0.3 is 0 Å². The van der Waals surface area contributed by atoms with Crippen LogP contribution in [0.25, 0.3) is 0 Å². The summed E-state index contributed by atoms with van der Waals surface area (Å²) in [4.78, 5) is 17.1. The Bertz CT molecular complexity index is 587. The topological polar surface area (TPSA) is 42.0 Å². The molecule has 0 bridgehead atoms. The highest BCUT2D eigenvalue weighted by Gasteiger charge is 2.05. The van der Waals surface area contributed by atoms with E-state index in [0.29, 0.717) is 12.1 Å². The average Bonchev–Trinajstić information content (AvgIpc) is 2.45. The van der Waals surface area contributed by atoms with E-state index in [-0.39, 0.29) is 5.91 Å². The fraction of sp³-hybridized carbons (Fsp3) is 0.200. The number of thioether (sulfide) groups is 1. The molecule has 1 amide bonds. The molecule has 0 saturated heterocycles. The fourth-order valence-electron chi connectivity index (χ4n) is 1.61. The number of pyridine rings is 1. The van der Waals surface area contributed by atoms with E-state index in [9.17, 15) is 4.79 Å². The molecule has 2 rings (SSSR count). The summed E-state index contributed by atoms with van der Waals surface area (Å²) in [7, 11) is 0. The van der Waals surface area contributed by atoms with Crippen LogP contribution in [0.15, 0.2) is 52.1 Å². The Kier molecular flexibility index (Phi) is 5.61. The molecule has 1 N–H and O–H groups in total. The number of hydrogen-bond donors (Lipinski definition) is 1. The first-order valence-electron chi connectivity index (χ1n) is 6.23. The van der Waals surface area contributed by atoms with E-state index >= 15 is 0 Å². The Balaban J connectivity index is 1.76. The van der Waals surface area contributed by atoms with Crippen molar-refractivity contribution in [2.24, 2.45) is 0 Å². The van der Waals surface area contributed by atoms with Gasteiger partial charge in [0.1, 0.15) is 0 Å². The van der Waals surface area contributed by atoms with Crippen LogP contribution >= 0.6 is 27.7 Å². The largest absolute Gasteiger partial charge is 0.351 e. The summed E-state index contributed by atoms with van der Waals surface area (Å²) < 4.78 is 0.805. The lowest BCUT2D eigenvalue weighted by atomic mass is 10.2. The monoisotopic (exact) mass is 350 g/mol. The summed E-state index contributed by atoms with van der Waals surface area (Å²) in [6, 6.07) is 10.1. The maximum absolute atomic E-state index is 11.9. The molecular formula is C15H15BrN2OS. The van der Waals surface area contributed by atoms with E-state index in [2.05, 4.69) is 57.4 Å². The normalized spacial score (nSPS) is 10.3. The number of halogens is 1. The van der Waals surface area contributed by atoms with Gasteiger partial charge in [0.05, 0.1) is 5.56 Å². The predicted octanol–water partition coefficient (Wildman–Crippen LogP) is 3.67. The van der Waals surface area contributed by atoms with Gasteiger partial charge in [-0.25, -0.2) is 0 Å². The van der Waals surface area contributed by atoms with Crippen LogP contribution in [0.1, 0.15) is 15.9 Å². The number of amides is 1. The summed E-state index contributed by atoms with van der Waals surface area (Å²) in [5.41, 5.74) is 1.82. The van der Waals surface area contributed by atoms with E-state index < -0.39 is 0 Å². The van der Waals surface area contributed by atoms with Crippen LogP contribution in [-0.4, -0.2) is 23.2 Å². The van der Waals surface area contributed by atoms with Crippen molar-refractivity contribution >= 4 is 33.6 Å². The Hall–Kier alpha value is -1.33. The van der Waals surface area contributed by atoms with Crippen LogP contribution in [-0.2, 0) is 0 Å². The lowest BCUT2D eigenvalue weighted by Crippen LogP contribution is -2.25. The smallest absolute Gasteiger partial charge is 0.252 e. The van der Waals surface area contributed by atoms with Crippen molar-refractivity contribution in [1.29, 1.82) is 0 Å². The highest BCUT2D eigenvalue weighted by molar-refractivity contribution is 9.10. The lowest BCUT2D eigenvalue weighted by molar-refractivity contribution is 0.0955. The van der Waals surface area contributed by atoms with Gasteiger partial charge < -0.3 is 5.32 Å². The van der Waals surface area contributed by atoms with Gasteiger partial charge in [-0.05, 0) is 41.1 Å². The quantitative estimate of drug-likeness (QED) is 0.660. The molecule has 0 aliphatic carbocycles. The number of carbonyl (C=O) groups is 1. The van der Waals surface area contributed by atoms with Crippen molar-refractivity contribution in [3.63, 3.8) is 0 Å². The second kappa shape index (κ2) is 7.45. The minimum absolute atomic E-state index is 0.0942. The van der Waals surface area contributed by atoms with Crippen molar-refractivity contribution in [2.45, 2.75) is 11.8 Å². The summed E-state index contributed by atoms with van der Waals surface area (Å²) in [6.07, 6.45) is 3.22.